The molecule has 0 bridgehead atoms. The standard InChI is InChI=1S/C52H39Cl2N7O8.2ClH/c53-40-15-13-38-43-32(40)7-3-11-36(43)47(64)59(49(38)66)23-21-55-17-19-57-45(62)29-25-30(27-31(26-29)61-51(68)34-9-1-5-28-6-2-10-35(42(28)34)52(61)69)46(63)58-20-18-56-22-24-60-48(65)37-12-4-8-33-41(54)16-14-39(44(33)37)50(60)67;;/h1-16,25-27,55-56H,17-24H2,(H,57,62)(H,58,63);2*1H. The van der Waals surface area contributed by atoms with Crippen LogP contribution in [0.1, 0.15) is 82.9 Å². The van der Waals surface area contributed by atoms with Crippen molar-refractivity contribution < 1.29 is 38.4 Å². The van der Waals surface area contributed by atoms with Crippen LogP contribution in [0.5, 0.6) is 0 Å². The highest BCUT2D eigenvalue weighted by Gasteiger charge is 2.36. The lowest BCUT2D eigenvalue weighted by molar-refractivity contribution is 0.0596. The first kappa shape index (κ1) is 50.2. The second kappa shape index (κ2) is 20.6. The lowest BCUT2D eigenvalue weighted by Crippen LogP contribution is -2.44. The van der Waals surface area contributed by atoms with E-state index in [1.807, 2.05) is 0 Å². The van der Waals surface area contributed by atoms with Gasteiger partial charge in [0, 0.05) is 134 Å². The Bertz CT molecular complexity index is 3180. The molecule has 8 amide bonds. The number of hydrogen-bond acceptors (Lipinski definition) is 10. The summed E-state index contributed by atoms with van der Waals surface area (Å²) in [6.07, 6.45) is 0. The van der Waals surface area contributed by atoms with Gasteiger partial charge in [0.25, 0.3) is 47.3 Å². The summed E-state index contributed by atoms with van der Waals surface area (Å²) in [6.45, 7) is 1.26. The fourth-order valence-electron chi connectivity index (χ4n) is 9.26. The van der Waals surface area contributed by atoms with Crippen LogP contribution < -0.4 is 26.2 Å². The van der Waals surface area contributed by atoms with Gasteiger partial charge in [0.05, 0.1) is 5.69 Å². The number of rotatable bonds is 15. The number of imide groups is 3. The van der Waals surface area contributed by atoms with E-state index in [2.05, 4.69) is 21.3 Å². The molecule has 71 heavy (non-hydrogen) atoms. The van der Waals surface area contributed by atoms with Crippen LogP contribution in [-0.2, 0) is 0 Å². The number of carbonyl (C=O) groups excluding carboxylic acids is 8. The molecule has 15 nitrogen and oxygen atoms in total. The molecule has 0 fully saturated rings. The van der Waals surface area contributed by atoms with Gasteiger partial charge in [-0.1, -0.05) is 71.7 Å². The highest BCUT2D eigenvalue weighted by atomic mass is 35.5. The van der Waals surface area contributed by atoms with E-state index in [9.17, 15) is 38.4 Å². The zero-order valence-corrected chi connectivity index (χ0v) is 40.5. The third kappa shape index (κ3) is 8.97. The molecule has 0 spiro atoms. The summed E-state index contributed by atoms with van der Waals surface area (Å²) in [5.74, 6) is -4.16. The van der Waals surface area contributed by atoms with Crippen molar-refractivity contribution in [3.8, 4) is 0 Å². The smallest absolute Gasteiger partial charge is 0.265 e. The summed E-state index contributed by atoms with van der Waals surface area (Å²) >= 11 is 12.7. The predicted octanol–water partition coefficient (Wildman–Crippen LogP) is 7.33. The van der Waals surface area contributed by atoms with Crippen LogP contribution in [0.25, 0.3) is 32.3 Å². The summed E-state index contributed by atoms with van der Waals surface area (Å²) in [7, 11) is 0. The van der Waals surface area contributed by atoms with Crippen molar-refractivity contribution in [3.05, 3.63) is 170 Å². The lowest BCUT2D eigenvalue weighted by atomic mass is 9.93. The van der Waals surface area contributed by atoms with Crippen molar-refractivity contribution in [2.24, 2.45) is 0 Å². The molecule has 3 aliphatic heterocycles. The highest BCUT2D eigenvalue weighted by Crippen LogP contribution is 2.37. The lowest BCUT2D eigenvalue weighted by Gasteiger charge is -2.28. The molecular formula is C52H41Cl4N7O8. The second-order valence-electron chi connectivity index (χ2n) is 16.6. The average Bonchev–Trinajstić information content (AvgIpc) is 3.36. The summed E-state index contributed by atoms with van der Waals surface area (Å²) in [6, 6.07) is 31.2. The number of halogens is 4. The zero-order valence-electron chi connectivity index (χ0n) is 37.3. The molecular weight excluding hydrogens is 992 g/mol. The molecule has 19 heteroatoms. The molecule has 4 N–H and O–H groups in total. The van der Waals surface area contributed by atoms with E-state index in [-0.39, 0.29) is 105 Å². The van der Waals surface area contributed by atoms with Gasteiger partial charge in [0.15, 0.2) is 0 Å². The van der Waals surface area contributed by atoms with Crippen LogP contribution in [0, 0.1) is 0 Å². The number of nitrogens with one attached hydrogen (secondary N) is 4. The van der Waals surface area contributed by atoms with E-state index in [0.717, 1.165) is 4.90 Å². The van der Waals surface area contributed by atoms with Crippen molar-refractivity contribution >= 4 is 133 Å². The Balaban J connectivity index is 0.00000338. The number of anilines is 1. The van der Waals surface area contributed by atoms with Crippen LogP contribution in [0.2, 0.25) is 10.0 Å². The topological polar surface area (TPSA) is 194 Å². The van der Waals surface area contributed by atoms with E-state index < -0.39 is 47.3 Å². The number of nitrogens with zero attached hydrogens (tertiary/aromatic N) is 3. The Morgan fingerprint density at radius 3 is 1.23 bits per heavy atom. The molecule has 7 aromatic carbocycles. The van der Waals surface area contributed by atoms with Crippen LogP contribution in [0.15, 0.2) is 115 Å². The van der Waals surface area contributed by atoms with Crippen LogP contribution >= 0.6 is 48.0 Å². The molecule has 0 saturated heterocycles. The zero-order chi connectivity index (χ0) is 48.1. The van der Waals surface area contributed by atoms with Gasteiger partial charge in [0.2, 0.25) is 0 Å². The minimum atomic E-state index is -0.620. The largest absolute Gasteiger partial charge is 0.351 e. The third-order valence-electron chi connectivity index (χ3n) is 12.5. The normalized spacial score (nSPS) is 13.7. The van der Waals surface area contributed by atoms with Crippen molar-refractivity contribution in [2.75, 3.05) is 57.3 Å². The third-order valence-corrected chi connectivity index (χ3v) is 13.2. The molecule has 0 atom stereocenters. The van der Waals surface area contributed by atoms with E-state index in [1.54, 1.807) is 97.1 Å². The van der Waals surface area contributed by atoms with Gasteiger partial charge in [-0.05, 0) is 72.1 Å². The van der Waals surface area contributed by atoms with Crippen molar-refractivity contribution in [2.45, 2.75) is 0 Å². The monoisotopic (exact) mass is 1030 g/mol. The molecule has 3 aliphatic rings. The summed E-state index contributed by atoms with van der Waals surface area (Å²) in [4.78, 5) is 112. The Morgan fingerprint density at radius 1 is 0.423 bits per heavy atom. The SMILES string of the molecule is Cl.Cl.O=C(NCCNCCN1C(=O)c2cccc3c(Cl)ccc(c23)C1=O)c1cc(C(=O)NCCNCCN2C(=O)c3cccc4c(Cl)ccc(c34)C2=O)cc(N2C(=O)c3cccc4cccc(c34)C2=O)c1. The molecule has 7 aromatic rings. The Labute approximate surface area is 427 Å². The van der Waals surface area contributed by atoms with Gasteiger partial charge in [-0.25, -0.2) is 4.90 Å². The van der Waals surface area contributed by atoms with Gasteiger partial charge >= 0.3 is 0 Å². The first-order valence-corrected chi connectivity index (χ1v) is 22.9. The molecule has 0 aromatic heterocycles. The maximum Gasteiger partial charge on any atom is 0.265 e. The van der Waals surface area contributed by atoms with Gasteiger partial charge in [-0.2, -0.15) is 0 Å². The Hall–Kier alpha value is -7.24. The maximum absolute atomic E-state index is 14.1. The van der Waals surface area contributed by atoms with Crippen molar-refractivity contribution in [3.63, 3.8) is 0 Å². The molecule has 360 valence electrons. The van der Waals surface area contributed by atoms with Crippen molar-refractivity contribution in [1.82, 2.24) is 31.1 Å². The first-order chi connectivity index (χ1) is 33.4. The number of amides is 8. The Morgan fingerprint density at radius 2 is 0.803 bits per heavy atom. The molecule has 3 heterocycles. The fraction of sp³-hybridized carbons (Fsp3) is 0.154. The average molecular weight is 1030 g/mol. The van der Waals surface area contributed by atoms with Crippen LogP contribution in [0.3, 0.4) is 0 Å². The minimum absolute atomic E-state index is 0. The molecule has 0 radical (unpaired) electrons. The quantitative estimate of drug-likeness (QED) is 0.0597. The second-order valence-corrected chi connectivity index (χ2v) is 17.4. The predicted molar refractivity (Wildman–Crippen MR) is 275 cm³/mol. The number of benzene rings is 7. The number of carbonyl (C=O) groups is 8. The number of hydrogen-bond donors (Lipinski definition) is 4. The molecule has 0 unspecified atom stereocenters. The maximum atomic E-state index is 14.1. The Kier molecular flexibility index (Phi) is 14.6. The fourth-order valence-corrected chi connectivity index (χ4v) is 9.70. The minimum Gasteiger partial charge on any atom is -0.351 e. The summed E-state index contributed by atoms with van der Waals surface area (Å²) in [5, 5.41) is 16.3. The first-order valence-electron chi connectivity index (χ1n) is 22.1. The molecule has 0 saturated carbocycles. The van der Waals surface area contributed by atoms with E-state index >= 15 is 0 Å². The van der Waals surface area contributed by atoms with Crippen LogP contribution in [0.4, 0.5) is 5.69 Å². The van der Waals surface area contributed by atoms with E-state index in [0.29, 0.717) is 64.6 Å². The van der Waals surface area contributed by atoms with Crippen molar-refractivity contribution in [1.29, 1.82) is 0 Å². The highest BCUT2D eigenvalue weighted by molar-refractivity contribution is 6.39. The van der Waals surface area contributed by atoms with E-state index in [4.69, 9.17) is 23.2 Å². The summed E-state index contributed by atoms with van der Waals surface area (Å²) in [5.41, 5.74) is 2.13. The van der Waals surface area contributed by atoms with Gasteiger partial charge in [-0.3, -0.25) is 48.2 Å². The summed E-state index contributed by atoms with van der Waals surface area (Å²) < 4.78 is 0. The van der Waals surface area contributed by atoms with Crippen LogP contribution in [-0.4, -0.2) is 109 Å². The van der Waals surface area contributed by atoms with Gasteiger partial charge in [-0.15, -0.1) is 24.8 Å². The van der Waals surface area contributed by atoms with Gasteiger partial charge in [0.1, 0.15) is 0 Å². The molecule has 10 rings (SSSR count). The molecule has 0 aliphatic carbocycles. The van der Waals surface area contributed by atoms with Gasteiger partial charge < -0.3 is 21.3 Å². The van der Waals surface area contributed by atoms with E-state index in [1.165, 1.54) is 28.0 Å².